The molecular weight excluding hydrogens is 366 g/mol. The van der Waals surface area contributed by atoms with Crippen molar-refractivity contribution in [3.05, 3.63) is 77.7 Å². The maximum absolute atomic E-state index is 12.5. The predicted molar refractivity (Wildman–Crippen MR) is 117 cm³/mol. The number of carbonyl (C=O) groups is 1. The van der Waals surface area contributed by atoms with Crippen LogP contribution >= 0.6 is 11.3 Å². The van der Waals surface area contributed by atoms with Gasteiger partial charge < -0.3 is 10.6 Å². The molecule has 0 bridgehead atoms. The molecule has 0 spiro atoms. The van der Waals surface area contributed by atoms with Crippen molar-refractivity contribution in [3.8, 4) is 10.4 Å². The van der Waals surface area contributed by atoms with E-state index in [0.29, 0.717) is 0 Å². The summed E-state index contributed by atoms with van der Waals surface area (Å²) in [5.74, 6) is 0. The maximum atomic E-state index is 12.5. The number of nitrogens with zero attached hydrogens (tertiary/aromatic N) is 1. The van der Waals surface area contributed by atoms with E-state index < -0.39 is 0 Å². The van der Waals surface area contributed by atoms with Crippen LogP contribution in [-0.2, 0) is 6.54 Å². The van der Waals surface area contributed by atoms with Gasteiger partial charge in [0, 0.05) is 36.1 Å². The van der Waals surface area contributed by atoms with Gasteiger partial charge in [-0.2, -0.15) is 0 Å². The second-order valence-corrected chi connectivity index (χ2v) is 8.11. The molecule has 0 unspecified atom stereocenters. The van der Waals surface area contributed by atoms with Crippen LogP contribution in [0.2, 0.25) is 0 Å². The molecule has 0 aliphatic carbocycles. The summed E-state index contributed by atoms with van der Waals surface area (Å²) in [6.07, 6.45) is 1.96. The summed E-state index contributed by atoms with van der Waals surface area (Å²) in [5, 5.41) is 8.24. The van der Waals surface area contributed by atoms with Gasteiger partial charge in [-0.15, -0.1) is 11.3 Å². The molecule has 1 aliphatic heterocycles. The lowest BCUT2D eigenvalue weighted by Crippen LogP contribution is -2.45. The molecule has 4 rings (SSSR count). The Morgan fingerprint density at radius 3 is 2.46 bits per heavy atom. The Hall–Kier alpha value is -2.63. The molecular formula is C23H25N3OS. The van der Waals surface area contributed by atoms with E-state index in [9.17, 15) is 4.79 Å². The van der Waals surface area contributed by atoms with Gasteiger partial charge in [0.2, 0.25) is 0 Å². The number of rotatable bonds is 5. The minimum absolute atomic E-state index is 0.120. The molecule has 2 N–H and O–H groups in total. The molecule has 1 fully saturated rings. The van der Waals surface area contributed by atoms with E-state index in [4.69, 9.17) is 0 Å². The third-order valence-electron chi connectivity index (χ3n) is 5.13. The fraction of sp³-hybridized carbons (Fsp3) is 0.261. The number of piperidine rings is 1. The number of nitrogens with one attached hydrogen (secondary N) is 2. The second-order valence-electron chi connectivity index (χ2n) is 7.16. The van der Waals surface area contributed by atoms with Crippen molar-refractivity contribution in [1.82, 2.24) is 10.2 Å². The Labute approximate surface area is 170 Å². The number of amides is 2. The van der Waals surface area contributed by atoms with Gasteiger partial charge in [0.25, 0.3) is 0 Å². The van der Waals surface area contributed by atoms with Crippen LogP contribution in [0.3, 0.4) is 0 Å². The van der Waals surface area contributed by atoms with E-state index in [0.717, 1.165) is 48.6 Å². The Bertz CT molecular complexity index is 887. The number of benzene rings is 2. The number of para-hydroxylation sites is 1. The summed E-state index contributed by atoms with van der Waals surface area (Å²) in [5.41, 5.74) is 3.26. The normalized spacial score (nSPS) is 15.3. The first-order valence-corrected chi connectivity index (χ1v) is 10.6. The van der Waals surface area contributed by atoms with Crippen LogP contribution in [0.25, 0.3) is 10.4 Å². The smallest absolute Gasteiger partial charge is 0.319 e. The van der Waals surface area contributed by atoms with Crippen LogP contribution in [0.5, 0.6) is 0 Å². The number of carbonyl (C=O) groups excluding carboxylic acids is 1. The van der Waals surface area contributed by atoms with Crippen LogP contribution in [0, 0.1) is 0 Å². The van der Waals surface area contributed by atoms with Gasteiger partial charge in [0.1, 0.15) is 0 Å². The number of hydrogen-bond acceptors (Lipinski definition) is 3. The monoisotopic (exact) mass is 391 g/mol. The molecule has 5 heteroatoms. The van der Waals surface area contributed by atoms with Gasteiger partial charge >= 0.3 is 6.03 Å². The largest absolute Gasteiger partial charge is 0.335 e. The van der Waals surface area contributed by atoms with Crippen molar-refractivity contribution in [3.63, 3.8) is 0 Å². The number of anilines is 1. The van der Waals surface area contributed by atoms with Crippen molar-refractivity contribution < 1.29 is 4.79 Å². The van der Waals surface area contributed by atoms with Crippen molar-refractivity contribution >= 4 is 23.1 Å². The highest BCUT2D eigenvalue weighted by Gasteiger charge is 2.21. The Morgan fingerprint density at radius 2 is 1.71 bits per heavy atom. The molecule has 1 aromatic heterocycles. The topological polar surface area (TPSA) is 44.4 Å². The quantitative estimate of drug-likeness (QED) is 0.628. The van der Waals surface area contributed by atoms with E-state index in [2.05, 4.69) is 57.3 Å². The van der Waals surface area contributed by atoms with Crippen molar-refractivity contribution in [2.24, 2.45) is 0 Å². The van der Waals surface area contributed by atoms with Gasteiger partial charge in [-0.05, 0) is 35.9 Å². The molecule has 1 aliphatic rings. The lowest BCUT2D eigenvalue weighted by molar-refractivity contribution is 0.190. The van der Waals surface area contributed by atoms with E-state index in [1.54, 1.807) is 11.3 Å². The Morgan fingerprint density at radius 1 is 0.964 bits per heavy atom. The highest BCUT2D eigenvalue weighted by Crippen LogP contribution is 2.31. The zero-order valence-electron chi connectivity index (χ0n) is 15.8. The first-order valence-electron chi connectivity index (χ1n) is 9.74. The zero-order chi connectivity index (χ0) is 19.2. The third kappa shape index (κ3) is 4.80. The summed E-state index contributed by atoms with van der Waals surface area (Å²) in [7, 11) is 0. The summed E-state index contributed by atoms with van der Waals surface area (Å²) >= 11 is 1.68. The molecule has 2 heterocycles. The lowest BCUT2D eigenvalue weighted by atomic mass is 10.0. The third-order valence-corrected chi connectivity index (χ3v) is 6.04. The van der Waals surface area contributed by atoms with Gasteiger partial charge in [-0.3, -0.25) is 4.90 Å². The molecule has 2 amide bonds. The standard InChI is InChI=1S/C23H25N3OS/c27-23(25-21-10-5-4-9-20(21)22-11-6-16-28-22)24-19-12-14-26(15-13-19)17-18-7-2-1-3-8-18/h1-11,16,19H,12-15,17H2,(H2,24,25,27). The molecule has 0 radical (unpaired) electrons. The molecule has 28 heavy (non-hydrogen) atoms. The van der Waals surface area contributed by atoms with E-state index in [-0.39, 0.29) is 12.1 Å². The molecule has 0 saturated carbocycles. The Kier molecular flexibility index (Phi) is 6.04. The number of likely N-dealkylation sites (tertiary alicyclic amines) is 1. The fourth-order valence-corrected chi connectivity index (χ4v) is 4.43. The molecule has 0 atom stereocenters. The summed E-state index contributed by atoms with van der Waals surface area (Å²) in [6.45, 7) is 2.99. The van der Waals surface area contributed by atoms with Crippen molar-refractivity contribution in [2.45, 2.75) is 25.4 Å². The first kappa shape index (κ1) is 18.7. The maximum Gasteiger partial charge on any atom is 0.319 e. The van der Waals surface area contributed by atoms with Crippen LogP contribution in [0.15, 0.2) is 72.1 Å². The molecule has 2 aromatic carbocycles. The number of thiophene rings is 1. The first-order chi connectivity index (χ1) is 13.8. The average molecular weight is 392 g/mol. The van der Waals surface area contributed by atoms with E-state index in [1.807, 2.05) is 30.3 Å². The zero-order valence-corrected chi connectivity index (χ0v) is 16.6. The van der Waals surface area contributed by atoms with E-state index in [1.165, 1.54) is 5.56 Å². The van der Waals surface area contributed by atoms with Gasteiger partial charge in [-0.1, -0.05) is 54.6 Å². The van der Waals surface area contributed by atoms with Crippen LogP contribution in [0.1, 0.15) is 18.4 Å². The number of urea groups is 1. The van der Waals surface area contributed by atoms with Crippen LogP contribution in [0.4, 0.5) is 10.5 Å². The minimum Gasteiger partial charge on any atom is -0.335 e. The highest BCUT2D eigenvalue weighted by atomic mass is 32.1. The van der Waals surface area contributed by atoms with Gasteiger partial charge in [0.05, 0.1) is 5.69 Å². The average Bonchev–Trinajstić information content (AvgIpc) is 3.25. The molecule has 4 nitrogen and oxygen atoms in total. The summed E-state index contributed by atoms with van der Waals surface area (Å²) < 4.78 is 0. The Balaban J connectivity index is 1.29. The second kappa shape index (κ2) is 9.04. The predicted octanol–water partition coefficient (Wildman–Crippen LogP) is 5.20. The lowest BCUT2D eigenvalue weighted by Gasteiger charge is -2.32. The molecule has 144 valence electrons. The number of hydrogen-bond donors (Lipinski definition) is 2. The fourth-order valence-electron chi connectivity index (χ4n) is 3.66. The molecule has 3 aromatic rings. The summed E-state index contributed by atoms with van der Waals surface area (Å²) in [6, 6.07) is 22.7. The van der Waals surface area contributed by atoms with Crippen LogP contribution in [-0.4, -0.2) is 30.1 Å². The SMILES string of the molecule is O=C(Nc1ccccc1-c1cccs1)NC1CCN(Cc2ccccc2)CC1. The van der Waals surface area contributed by atoms with Crippen molar-refractivity contribution in [1.29, 1.82) is 0 Å². The minimum atomic E-state index is -0.120. The van der Waals surface area contributed by atoms with Crippen molar-refractivity contribution in [2.75, 3.05) is 18.4 Å². The van der Waals surface area contributed by atoms with Crippen LogP contribution < -0.4 is 10.6 Å². The van der Waals surface area contributed by atoms with E-state index >= 15 is 0 Å². The van der Waals surface area contributed by atoms with Gasteiger partial charge in [-0.25, -0.2) is 4.79 Å². The highest BCUT2D eigenvalue weighted by molar-refractivity contribution is 7.13. The summed E-state index contributed by atoms with van der Waals surface area (Å²) in [4.78, 5) is 16.2. The van der Waals surface area contributed by atoms with Gasteiger partial charge in [0.15, 0.2) is 0 Å². The molecule has 1 saturated heterocycles.